The molecular formula is C30H36N4O2S4. The molecule has 0 radical (unpaired) electrons. The van der Waals surface area contributed by atoms with Gasteiger partial charge in [0, 0.05) is 44.2 Å². The smallest absolute Gasteiger partial charge is 0.118 e. The number of nitriles is 2. The Balaban J connectivity index is 2.10. The van der Waals surface area contributed by atoms with E-state index in [1.54, 1.807) is 14.2 Å². The lowest BCUT2D eigenvalue weighted by Crippen LogP contribution is -2.27. The van der Waals surface area contributed by atoms with Crippen LogP contribution in [0.2, 0.25) is 0 Å². The van der Waals surface area contributed by atoms with Crippen molar-refractivity contribution in [3.8, 4) is 23.6 Å². The number of methoxy groups -OCH3 is 2. The Labute approximate surface area is 259 Å². The van der Waals surface area contributed by atoms with Crippen molar-refractivity contribution in [1.29, 1.82) is 10.5 Å². The maximum Gasteiger partial charge on any atom is 0.118 e. The van der Waals surface area contributed by atoms with Gasteiger partial charge >= 0.3 is 0 Å². The van der Waals surface area contributed by atoms with Crippen molar-refractivity contribution in [2.75, 3.05) is 14.2 Å². The minimum absolute atomic E-state index is 0.270. The van der Waals surface area contributed by atoms with Gasteiger partial charge in [0.1, 0.15) is 11.5 Å². The minimum Gasteiger partial charge on any atom is -0.497 e. The molecule has 4 N–H and O–H groups in total. The number of thiol groups is 4. The predicted molar refractivity (Wildman–Crippen MR) is 175 cm³/mol. The Morgan fingerprint density at radius 2 is 0.950 bits per heavy atom. The Morgan fingerprint density at radius 1 is 0.625 bits per heavy atom. The van der Waals surface area contributed by atoms with E-state index in [9.17, 15) is 10.5 Å². The fourth-order valence-electron chi connectivity index (χ4n) is 5.07. The molecular weight excluding hydrogens is 577 g/mol. The number of nitrogens with two attached hydrogens (primary N) is 2. The molecule has 0 amide bonds. The highest BCUT2D eigenvalue weighted by Gasteiger charge is 2.32. The van der Waals surface area contributed by atoms with Gasteiger partial charge in [0.2, 0.25) is 0 Å². The lowest BCUT2D eigenvalue weighted by molar-refractivity contribution is 0.414. The maximum atomic E-state index is 10.3. The van der Waals surface area contributed by atoms with Gasteiger partial charge in [0.05, 0.1) is 37.5 Å². The zero-order valence-electron chi connectivity index (χ0n) is 22.6. The first-order valence-electron chi connectivity index (χ1n) is 13.0. The van der Waals surface area contributed by atoms with Crippen molar-refractivity contribution in [1.82, 2.24) is 0 Å². The average molecular weight is 613 g/mol. The first-order chi connectivity index (χ1) is 19.2. The second-order valence-electron chi connectivity index (χ2n) is 9.78. The summed E-state index contributed by atoms with van der Waals surface area (Å²) in [4.78, 5) is 0. The third-order valence-electron chi connectivity index (χ3n) is 7.39. The Hall–Kier alpha value is -2.50. The van der Waals surface area contributed by atoms with E-state index in [1.165, 1.54) is 0 Å². The molecule has 0 spiro atoms. The number of hydrogen-bond donors (Lipinski definition) is 6. The zero-order valence-corrected chi connectivity index (χ0v) is 26.1. The maximum absolute atomic E-state index is 10.3. The van der Waals surface area contributed by atoms with Crippen molar-refractivity contribution in [2.24, 2.45) is 11.5 Å². The summed E-state index contributed by atoms with van der Waals surface area (Å²) in [5.74, 6) is 0.673. The highest BCUT2D eigenvalue weighted by Crippen LogP contribution is 2.40. The molecule has 0 aromatic heterocycles. The van der Waals surface area contributed by atoms with Crippen LogP contribution in [0.1, 0.15) is 48.6 Å². The van der Waals surface area contributed by atoms with Gasteiger partial charge in [-0.3, -0.25) is 0 Å². The van der Waals surface area contributed by atoms with Crippen LogP contribution in [0.4, 0.5) is 0 Å². The first-order valence-corrected chi connectivity index (χ1v) is 15.0. The number of benzene rings is 2. The van der Waals surface area contributed by atoms with Crippen molar-refractivity contribution in [3.05, 3.63) is 82.2 Å². The van der Waals surface area contributed by atoms with Crippen LogP contribution in [0.25, 0.3) is 0 Å². The van der Waals surface area contributed by atoms with Crippen molar-refractivity contribution in [2.45, 2.75) is 58.5 Å². The molecule has 1 aliphatic carbocycles. The van der Waals surface area contributed by atoms with Crippen LogP contribution in [0, 0.1) is 22.7 Å². The number of ether oxygens (including phenoxy) is 2. The molecule has 0 fully saturated rings. The van der Waals surface area contributed by atoms with E-state index in [0.29, 0.717) is 59.7 Å². The Bertz CT molecular complexity index is 1200. The van der Waals surface area contributed by atoms with Gasteiger partial charge in [-0.15, -0.1) is 0 Å². The first kappa shape index (κ1) is 32.0. The number of hydrogen-bond acceptors (Lipinski definition) is 10. The molecule has 0 saturated heterocycles. The summed E-state index contributed by atoms with van der Waals surface area (Å²) in [6.07, 6.45) is 2.22. The zero-order chi connectivity index (χ0) is 29.4. The Kier molecular flexibility index (Phi) is 12.0. The molecule has 2 aromatic rings. The number of nitrogens with zero attached hydrogens (tertiary/aromatic N) is 2. The van der Waals surface area contributed by atoms with Gasteiger partial charge in [0.25, 0.3) is 0 Å². The van der Waals surface area contributed by atoms with Crippen LogP contribution in [-0.2, 0) is 0 Å². The quantitative estimate of drug-likeness (QED) is 0.243. The fourth-order valence-corrected chi connectivity index (χ4v) is 6.59. The van der Waals surface area contributed by atoms with E-state index in [0.717, 1.165) is 11.1 Å². The number of allylic oxidation sites excluding steroid dienone is 2. The molecule has 0 aliphatic heterocycles. The molecule has 6 unspecified atom stereocenters. The average Bonchev–Trinajstić information content (AvgIpc) is 2.98. The van der Waals surface area contributed by atoms with Crippen LogP contribution in [0.5, 0.6) is 11.5 Å². The molecule has 0 heterocycles. The molecule has 6 nitrogen and oxygen atoms in total. The highest BCUT2D eigenvalue weighted by atomic mass is 32.1. The largest absolute Gasteiger partial charge is 0.497 e. The van der Waals surface area contributed by atoms with Crippen molar-refractivity contribution >= 4 is 50.5 Å². The summed E-state index contributed by atoms with van der Waals surface area (Å²) >= 11 is 19.5. The summed E-state index contributed by atoms with van der Waals surface area (Å²) in [5, 5.41) is 19.3. The van der Waals surface area contributed by atoms with E-state index in [2.05, 4.69) is 12.1 Å². The topological polar surface area (TPSA) is 118 Å². The summed E-state index contributed by atoms with van der Waals surface area (Å²) in [6, 6.07) is 19.9. The summed E-state index contributed by atoms with van der Waals surface area (Å²) in [6.45, 7) is 0. The molecule has 0 saturated carbocycles. The van der Waals surface area contributed by atoms with E-state index in [1.807, 2.05) is 48.5 Å². The lowest BCUT2D eigenvalue weighted by Gasteiger charge is -2.30. The third-order valence-corrected chi connectivity index (χ3v) is 9.58. The van der Waals surface area contributed by atoms with Crippen LogP contribution < -0.4 is 20.9 Å². The molecule has 1 aliphatic rings. The SMILES string of the molecule is COc1ccc(C2/C(C#N)=C(/N)C(S)CCC(S)C(c3ccc(OC)cc3)/C(C#N)=C(/N)C(S)CCC2S)cc1. The van der Waals surface area contributed by atoms with E-state index < -0.39 is 10.5 Å². The summed E-state index contributed by atoms with van der Waals surface area (Å²) in [5.41, 5.74) is 16.8. The molecule has 40 heavy (non-hydrogen) atoms. The second-order valence-corrected chi connectivity index (χ2v) is 12.4. The van der Waals surface area contributed by atoms with Crippen molar-refractivity contribution < 1.29 is 9.47 Å². The Morgan fingerprint density at radius 3 is 1.23 bits per heavy atom. The molecule has 6 atom stereocenters. The molecule has 2 aromatic carbocycles. The van der Waals surface area contributed by atoms with E-state index in [-0.39, 0.29) is 22.3 Å². The van der Waals surface area contributed by atoms with Crippen LogP contribution >= 0.6 is 50.5 Å². The molecule has 10 heteroatoms. The van der Waals surface area contributed by atoms with Crippen LogP contribution in [-0.4, -0.2) is 35.2 Å². The van der Waals surface area contributed by atoms with Crippen LogP contribution in [0.3, 0.4) is 0 Å². The molecule has 3 rings (SSSR count). The minimum atomic E-state index is -0.394. The van der Waals surface area contributed by atoms with Gasteiger partial charge < -0.3 is 20.9 Å². The number of rotatable bonds is 4. The standard InChI is InChI=1S/C30H36N4O2S4/c1-35-19-7-3-17(4-8-19)27-21(15-31)29(33)25(39)14-12-24(38)28(18-5-9-20(36-2)10-6-18)22(16-32)30(34)26(40)13-11-23(27)37/h3-10,23-28,37-40H,11-14,33-34H2,1-2H3/b29-21+,30-22+. The predicted octanol–water partition coefficient (Wildman–Crippen LogP) is 5.81. The second kappa shape index (κ2) is 14.9. The third kappa shape index (κ3) is 7.41. The summed E-state index contributed by atoms with van der Waals surface area (Å²) < 4.78 is 10.6. The van der Waals surface area contributed by atoms with Gasteiger partial charge in [-0.2, -0.15) is 61.0 Å². The van der Waals surface area contributed by atoms with Gasteiger partial charge in [-0.25, -0.2) is 0 Å². The fraction of sp³-hybridized carbons (Fsp3) is 0.400. The van der Waals surface area contributed by atoms with Crippen LogP contribution in [0.15, 0.2) is 71.1 Å². The highest BCUT2D eigenvalue weighted by molar-refractivity contribution is 7.81. The van der Waals surface area contributed by atoms with E-state index in [4.69, 9.17) is 71.5 Å². The lowest BCUT2D eigenvalue weighted by atomic mass is 9.82. The van der Waals surface area contributed by atoms with Gasteiger partial charge in [0.15, 0.2) is 0 Å². The normalized spacial score (nSPS) is 30.4. The monoisotopic (exact) mass is 612 g/mol. The van der Waals surface area contributed by atoms with Gasteiger partial charge in [-0.05, 0) is 61.1 Å². The summed E-state index contributed by atoms with van der Waals surface area (Å²) in [7, 11) is 3.21. The van der Waals surface area contributed by atoms with E-state index >= 15 is 0 Å². The molecule has 212 valence electrons. The van der Waals surface area contributed by atoms with Gasteiger partial charge in [-0.1, -0.05) is 24.3 Å². The molecule has 0 bridgehead atoms. The van der Waals surface area contributed by atoms with Crippen molar-refractivity contribution in [3.63, 3.8) is 0 Å².